The molecule has 110 valence electrons. The highest BCUT2D eigenvalue weighted by molar-refractivity contribution is 7.15. The minimum Gasteiger partial charge on any atom is -0.366 e. The van der Waals surface area contributed by atoms with Crippen molar-refractivity contribution in [3.8, 4) is 10.6 Å². The lowest BCUT2D eigenvalue weighted by Gasteiger charge is -2.27. The fourth-order valence-corrected chi connectivity index (χ4v) is 4.02. The van der Waals surface area contributed by atoms with Gasteiger partial charge in [0.25, 0.3) is 0 Å². The van der Waals surface area contributed by atoms with E-state index in [9.17, 15) is 4.79 Å². The molecule has 5 heteroatoms. The van der Waals surface area contributed by atoms with E-state index in [1.807, 2.05) is 18.2 Å². The zero-order valence-electron chi connectivity index (χ0n) is 12.3. The van der Waals surface area contributed by atoms with Gasteiger partial charge in [0.05, 0.1) is 5.69 Å². The minimum absolute atomic E-state index is 0.398. The van der Waals surface area contributed by atoms with E-state index in [4.69, 9.17) is 10.7 Å². The summed E-state index contributed by atoms with van der Waals surface area (Å²) in [5, 5.41) is 0.911. The molecule has 4 nitrogen and oxygen atoms in total. The zero-order chi connectivity index (χ0) is 15.0. The van der Waals surface area contributed by atoms with Crippen LogP contribution in [0.4, 0.5) is 0 Å². The van der Waals surface area contributed by atoms with E-state index in [1.54, 1.807) is 17.4 Å². The summed E-state index contributed by atoms with van der Waals surface area (Å²) in [6.07, 6.45) is 3.19. The highest BCUT2D eigenvalue weighted by Crippen LogP contribution is 2.34. The molecule has 0 spiro atoms. The predicted molar refractivity (Wildman–Crippen MR) is 85.6 cm³/mol. The van der Waals surface area contributed by atoms with Gasteiger partial charge in [-0.15, -0.1) is 11.3 Å². The largest absolute Gasteiger partial charge is 0.366 e. The van der Waals surface area contributed by atoms with E-state index in [0.717, 1.165) is 29.8 Å². The average Bonchev–Trinajstić information content (AvgIpc) is 2.89. The van der Waals surface area contributed by atoms with Gasteiger partial charge in [-0.05, 0) is 39.4 Å². The third kappa shape index (κ3) is 2.71. The summed E-state index contributed by atoms with van der Waals surface area (Å²) in [6.45, 7) is 0. The number of hydrogen-bond acceptors (Lipinski definition) is 4. The maximum Gasteiger partial charge on any atom is 0.249 e. The third-order valence-electron chi connectivity index (χ3n) is 4.07. The molecule has 0 saturated heterocycles. The number of thiazole rings is 1. The van der Waals surface area contributed by atoms with E-state index in [2.05, 4.69) is 19.0 Å². The first-order valence-electron chi connectivity index (χ1n) is 7.10. The molecule has 2 N–H and O–H groups in total. The highest BCUT2D eigenvalue weighted by atomic mass is 32.1. The van der Waals surface area contributed by atoms with Gasteiger partial charge in [0.2, 0.25) is 5.91 Å². The molecular formula is C16H19N3OS. The summed E-state index contributed by atoms with van der Waals surface area (Å²) in [5.41, 5.74) is 8.06. The van der Waals surface area contributed by atoms with Crippen LogP contribution in [0.3, 0.4) is 0 Å². The number of aromatic nitrogens is 1. The van der Waals surface area contributed by atoms with Gasteiger partial charge in [-0.1, -0.05) is 18.2 Å². The van der Waals surface area contributed by atoms with Crippen LogP contribution in [-0.2, 0) is 12.8 Å². The minimum atomic E-state index is -0.398. The lowest BCUT2D eigenvalue weighted by atomic mass is 9.97. The maximum absolute atomic E-state index is 11.6. The van der Waals surface area contributed by atoms with Crippen molar-refractivity contribution in [1.82, 2.24) is 9.88 Å². The van der Waals surface area contributed by atoms with E-state index < -0.39 is 5.91 Å². The number of carbonyl (C=O) groups excluding carboxylic acids is 1. The molecule has 2 aromatic rings. The molecule has 0 radical (unpaired) electrons. The molecule has 1 aromatic carbocycles. The van der Waals surface area contributed by atoms with Gasteiger partial charge in [0.15, 0.2) is 0 Å². The lowest BCUT2D eigenvalue weighted by Crippen LogP contribution is -2.32. The van der Waals surface area contributed by atoms with Gasteiger partial charge < -0.3 is 10.6 Å². The van der Waals surface area contributed by atoms with Crippen molar-refractivity contribution in [2.24, 2.45) is 5.73 Å². The summed E-state index contributed by atoms with van der Waals surface area (Å²) in [6, 6.07) is 8.02. The molecule has 21 heavy (non-hydrogen) atoms. The molecule has 1 heterocycles. The number of nitrogens with two attached hydrogens (primary N) is 1. The Morgan fingerprint density at radius 2 is 2.14 bits per heavy atom. The van der Waals surface area contributed by atoms with Crippen molar-refractivity contribution in [1.29, 1.82) is 0 Å². The number of nitrogens with zero attached hydrogens (tertiary/aromatic N) is 2. The van der Waals surface area contributed by atoms with E-state index >= 15 is 0 Å². The van der Waals surface area contributed by atoms with Crippen molar-refractivity contribution in [3.05, 3.63) is 40.4 Å². The predicted octanol–water partition coefficient (Wildman–Crippen LogP) is 2.33. The number of benzene rings is 1. The van der Waals surface area contributed by atoms with Crippen molar-refractivity contribution >= 4 is 17.2 Å². The van der Waals surface area contributed by atoms with Gasteiger partial charge in [-0.3, -0.25) is 4.79 Å². The maximum atomic E-state index is 11.6. The second-order valence-corrected chi connectivity index (χ2v) is 6.74. The molecule has 0 saturated carbocycles. The Morgan fingerprint density at radius 1 is 1.38 bits per heavy atom. The normalized spacial score (nSPS) is 17.8. The van der Waals surface area contributed by atoms with Crippen molar-refractivity contribution < 1.29 is 4.79 Å². The molecule has 0 aliphatic heterocycles. The molecular weight excluding hydrogens is 282 g/mol. The van der Waals surface area contributed by atoms with Gasteiger partial charge >= 0.3 is 0 Å². The summed E-state index contributed by atoms with van der Waals surface area (Å²) in [7, 11) is 4.25. The summed E-state index contributed by atoms with van der Waals surface area (Å²) in [4.78, 5) is 19.9. The quantitative estimate of drug-likeness (QED) is 0.946. The molecule has 0 unspecified atom stereocenters. The van der Waals surface area contributed by atoms with Crippen LogP contribution in [-0.4, -0.2) is 35.9 Å². The SMILES string of the molecule is CN(C)[C@H]1CCc2nc(-c3ccccc3C(N)=O)sc2C1. The number of fused-ring (bicyclic) bond motifs is 1. The first kappa shape index (κ1) is 14.2. The summed E-state index contributed by atoms with van der Waals surface area (Å²) >= 11 is 1.70. The van der Waals surface area contributed by atoms with Crippen molar-refractivity contribution in [2.75, 3.05) is 14.1 Å². The molecule has 1 atom stereocenters. The number of amides is 1. The smallest absolute Gasteiger partial charge is 0.249 e. The molecule has 1 amide bonds. The fourth-order valence-electron chi connectivity index (χ4n) is 2.80. The fraction of sp³-hybridized carbons (Fsp3) is 0.375. The Labute approximate surface area is 128 Å². The molecule has 0 bridgehead atoms. The van der Waals surface area contributed by atoms with E-state index in [0.29, 0.717) is 11.6 Å². The first-order valence-corrected chi connectivity index (χ1v) is 7.92. The number of primary amides is 1. The molecule has 1 aliphatic carbocycles. The van der Waals surface area contributed by atoms with Gasteiger partial charge in [-0.25, -0.2) is 4.98 Å². The highest BCUT2D eigenvalue weighted by Gasteiger charge is 2.25. The monoisotopic (exact) mass is 301 g/mol. The van der Waals surface area contributed by atoms with Crippen LogP contribution in [0.15, 0.2) is 24.3 Å². The summed E-state index contributed by atoms with van der Waals surface area (Å²) < 4.78 is 0. The van der Waals surface area contributed by atoms with E-state index in [1.165, 1.54) is 10.6 Å². The Balaban J connectivity index is 1.98. The van der Waals surface area contributed by atoms with Crippen molar-refractivity contribution in [3.63, 3.8) is 0 Å². The van der Waals surface area contributed by atoms with Crippen LogP contribution in [0, 0.1) is 0 Å². The standard InChI is InChI=1S/C16H19N3OS/c1-19(2)10-7-8-13-14(9-10)21-16(18-13)12-6-4-3-5-11(12)15(17)20/h3-6,10H,7-9H2,1-2H3,(H2,17,20)/t10-/m0/s1. The topological polar surface area (TPSA) is 59.2 Å². The molecule has 0 fully saturated rings. The Bertz CT molecular complexity index is 678. The van der Waals surface area contributed by atoms with Crippen LogP contribution < -0.4 is 5.73 Å². The van der Waals surface area contributed by atoms with Gasteiger partial charge in [0.1, 0.15) is 5.01 Å². The van der Waals surface area contributed by atoms with E-state index in [-0.39, 0.29) is 0 Å². The number of aryl methyl sites for hydroxylation is 1. The Hall–Kier alpha value is -1.72. The van der Waals surface area contributed by atoms with Gasteiger partial charge in [0, 0.05) is 22.0 Å². The number of hydrogen-bond donors (Lipinski definition) is 1. The second-order valence-electron chi connectivity index (χ2n) is 5.66. The average molecular weight is 301 g/mol. The van der Waals surface area contributed by atoms with Crippen LogP contribution in [0.5, 0.6) is 0 Å². The summed E-state index contributed by atoms with van der Waals surface area (Å²) in [5.74, 6) is -0.398. The number of rotatable bonds is 3. The second kappa shape index (κ2) is 5.58. The number of carbonyl (C=O) groups is 1. The van der Waals surface area contributed by atoms with Gasteiger partial charge in [-0.2, -0.15) is 0 Å². The first-order chi connectivity index (χ1) is 10.1. The van der Waals surface area contributed by atoms with Crippen LogP contribution in [0.2, 0.25) is 0 Å². The Morgan fingerprint density at radius 3 is 2.86 bits per heavy atom. The van der Waals surface area contributed by atoms with Crippen molar-refractivity contribution in [2.45, 2.75) is 25.3 Å². The van der Waals surface area contributed by atoms with Crippen LogP contribution in [0.1, 0.15) is 27.3 Å². The number of likely N-dealkylation sites (N-methyl/N-ethyl adjacent to an activating group) is 1. The third-order valence-corrected chi connectivity index (χ3v) is 5.22. The van der Waals surface area contributed by atoms with Crippen LogP contribution >= 0.6 is 11.3 Å². The lowest BCUT2D eigenvalue weighted by molar-refractivity contribution is 0.100. The molecule has 1 aromatic heterocycles. The van der Waals surface area contributed by atoms with Crippen LogP contribution in [0.25, 0.3) is 10.6 Å². The molecule has 3 rings (SSSR count). The molecule has 1 aliphatic rings. The zero-order valence-corrected chi connectivity index (χ0v) is 13.1. The Kier molecular flexibility index (Phi) is 3.78.